The van der Waals surface area contributed by atoms with E-state index in [1.54, 1.807) is 0 Å². The van der Waals surface area contributed by atoms with Crippen LogP contribution in [0.2, 0.25) is 19.6 Å². The maximum absolute atomic E-state index is 9.32. The normalized spacial score (nSPS) is 15.2. The van der Waals surface area contributed by atoms with E-state index >= 15 is 0 Å². The zero-order chi connectivity index (χ0) is 12.4. The van der Waals surface area contributed by atoms with Crippen LogP contribution in [0.15, 0.2) is 28.7 Å². The monoisotopic (exact) mass is 297 g/mol. The molecule has 4 heteroatoms. The van der Waals surface area contributed by atoms with Crippen LogP contribution in [0, 0.1) is 11.3 Å². The molecule has 0 unspecified atom stereocenters. The summed E-state index contributed by atoms with van der Waals surface area (Å²) in [6.45, 7) is 8.08. The highest BCUT2D eigenvalue weighted by molar-refractivity contribution is 9.10. The van der Waals surface area contributed by atoms with Crippen LogP contribution in [0.1, 0.15) is 12.5 Å². The van der Waals surface area contributed by atoms with Gasteiger partial charge in [0.25, 0.3) is 0 Å². The zero-order valence-electron chi connectivity index (χ0n) is 10.0. The van der Waals surface area contributed by atoms with Gasteiger partial charge in [-0.05, 0) is 44.3 Å². The third-order valence-corrected chi connectivity index (χ3v) is 3.61. The summed E-state index contributed by atoms with van der Waals surface area (Å²) >= 11 is 3.41. The summed E-state index contributed by atoms with van der Waals surface area (Å²) in [6.07, 6.45) is 0. The smallest absolute Gasteiger partial charge is 0.186 e. The average molecular weight is 298 g/mol. The van der Waals surface area contributed by atoms with Crippen molar-refractivity contribution in [1.82, 2.24) is 0 Å². The van der Waals surface area contributed by atoms with E-state index in [2.05, 4.69) is 41.6 Å². The average Bonchev–Trinajstić information content (AvgIpc) is 2.15. The Balaban J connectivity index is 3.11. The fraction of sp³-hybridized carbons (Fsp3) is 0.417. The van der Waals surface area contributed by atoms with E-state index in [1.165, 1.54) is 0 Å². The summed E-state index contributed by atoms with van der Waals surface area (Å²) in [7, 11) is -1.75. The van der Waals surface area contributed by atoms with Crippen LogP contribution in [0.3, 0.4) is 0 Å². The molecule has 0 spiro atoms. The summed E-state index contributed by atoms with van der Waals surface area (Å²) in [6, 6.07) is 9.99. The number of hydrogen-bond acceptors (Lipinski definition) is 2. The first-order valence-corrected chi connectivity index (χ1v) is 9.34. The summed E-state index contributed by atoms with van der Waals surface area (Å²) in [5, 5.41) is 9.32. The van der Waals surface area contributed by atoms with Crippen molar-refractivity contribution in [3.8, 4) is 6.07 Å². The van der Waals surface area contributed by atoms with Crippen molar-refractivity contribution in [3.05, 3.63) is 34.3 Å². The lowest BCUT2D eigenvalue weighted by Gasteiger charge is -2.30. The largest absolute Gasteiger partial charge is 0.397 e. The standard InChI is InChI=1S/C12H16BrNOSi/c1-12(9-14,15-16(2,3)4)10-6-5-7-11(13)8-10/h5-8H,1-4H3/t12-/m0/s1. The zero-order valence-corrected chi connectivity index (χ0v) is 12.6. The van der Waals surface area contributed by atoms with Crippen LogP contribution < -0.4 is 0 Å². The van der Waals surface area contributed by atoms with E-state index in [0.717, 1.165) is 10.0 Å². The molecule has 0 aliphatic rings. The minimum atomic E-state index is -1.75. The molecular weight excluding hydrogens is 282 g/mol. The second-order valence-electron chi connectivity index (χ2n) is 4.87. The number of nitrogens with zero attached hydrogens (tertiary/aromatic N) is 1. The molecule has 0 aliphatic carbocycles. The van der Waals surface area contributed by atoms with Crippen LogP contribution in [-0.4, -0.2) is 8.32 Å². The van der Waals surface area contributed by atoms with Crippen molar-refractivity contribution in [2.24, 2.45) is 0 Å². The quantitative estimate of drug-likeness (QED) is 0.789. The lowest BCUT2D eigenvalue weighted by atomic mass is 9.98. The number of rotatable bonds is 3. The second kappa shape index (κ2) is 4.70. The fourth-order valence-electron chi connectivity index (χ4n) is 1.54. The van der Waals surface area contributed by atoms with Gasteiger partial charge in [0.15, 0.2) is 13.9 Å². The Hall–Kier alpha value is -0.633. The molecule has 1 atom stereocenters. The molecule has 0 aliphatic heterocycles. The number of benzene rings is 1. The number of halogens is 1. The summed E-state index contributed by atoms with van der Waals surface area (Å²) in [4.78, 5) is 0. The number of hydrogen-bond donors (Lipinski definition) is 0. The van der Waals surface area contributed by atoms with Crippen molar-refractivity contribution in [1.29, 1.82) is 5.26 Å². The SMILES string of the molecule is C[C@@](C#N)(O[Si](C)(C)C)c1cccc(Br)c1. The van der Waals surface area contributed by atoms with Crippen LogP contribution in [0.5, 0.6) is 0 Å². The summed E-state index contributed by atoms with van der Waals surface area (Å²) in [5.41, 5.74) is 0.0423. The minimum Gasteiger partial charge on any atom is -0.397 e. The van der Waals surface area contributed by atoms with Crippen molar-refractivity contribution in [2.75, 3.05) is 0 Å². The molecular formula is C12H16BrNOSi. The van der Waals surface area contributed by atoms with E-state index in [4.69, 9.17) is 4.43 Å². The van der Waals surface area contributed by atoms with Crippen molar-refractivity contribution in [2.45, 2.75) is 32.2 Å². The van der Waals surface area contributed by atoms with Crippen LogP contribution in [-0.2, 0) is 10.0 Å². The molecule has 0 bridgehead atoms. The van der Waals surface area contributed by atoms with Gasteiger partial charge in [0.1, 0.15) is 6.07 Å². The van der Waals surface area contributed by atoms with Crippen LogP contribution in [0.25, 0.3) is 0 Å². The van der Waals surface area contributed by atoms with E-state index < -0.39 is 13.9 Å². The molecule has 0 N–H and O–H groups in total. The van der Waals surface area contributed by atoms with E-state index in [9.17, 15) is 5.26 Å². The second-order valence-corrected chi connectivity index (χ2v) is 10.2. The van der Waals surface area contributed by atoms with Gasteiger partial charge < -0.3 is 4.43 Å². The van der Waals surface area contributed by atoms with Gasteiger partial charge in [0.05, 0.1) is 0 Å². The minimum absolute atomic E-state index is 0.853. The van der Waals surface area contributed by atoms with Gasteiger partial charge >= 0.3 is 0 Å². The van der Waals surface area contributed by atoms with E-state index in [0.29, 0.717) is 0 Å². The molecule has 0 heterocycles. The molecule has 0 saturated carbocycles. The van der Waals surface area contributed by atoms with Crippen LogP contribution in [0.4, 0.5) is 0 Å². The molecule has 1 rings (SSSR count). The fourth-order valence-corrected chi connectivity index (χ4v) is 3.33. The molecule has 16 heavy (non-hydrogen) atoms. The van der Waals surface area contributed by atoms with E-state index in [-0.39, 0.29) is 0 Å². The maximum Gasteiger partial charge on any atom is 0.186 e. The topological polar surface area (TPSA) is 33.0 Å². The van der Waals surface area contributed by atoms with E-state index in [1.807, 2.05) is 31.2 Å². The Labute approximate surface area is 106 Å². The highest BCUT2D eigenvalue weighted by Gasteiger charge is 2.33. The van der Waals surface area contributed by atoms with Gasteiger partial charge in [-0.25, -0.2) is 0 Å². The van der Waals surface area contributed by atoms with Crippen molar-refractivity contribution in [3.63, 3.8) is 0 Å². The lowest BCUT2D eigenvalue weighted by molar-refractivity contribution is 0.141. The Morgan fingerprint density at radius 2 is 2.00 bits per heavy atom. The van der Waals surface area contributed by atoms with Gasteiger partial charge in [-0.15, -0.1) is 0 Å². The highest BCUT2D eigenvalue weighted by Crippen LogP contribution is 2.30. The Bertz CT molecular complexity index is 422. The molecule has 2 nitrogen and oxygen atoms in total. The van der Waals surface area contributed by atoms with Gasteiger partial charge in [-0.1, -0.05) is 28.1 Å². The van der Waals surface area contributed by atoms with Crippen LogP contribution >= 0.6 is 15.9 Å². The van der Waals surface area contributed by atoms with Gasteiger partial charge in [0.2, 0.25) is 0 Å². The third-order valence-electron chi connectivity index (χ3n) is 2.10. The molecule has 86 valence electrons. The van der Waals surface area contributed by atoms with Gasteiger partial charge in [-0.2, -0.15) is 5.26 Å². The number of nitriles is 1. The first kappa shape index (κ1) is 13.4. The van der Waals surface area contributed by atoms with Gasteiger partial charge in [-0.3, -0.25) is 0 Å². The first-order chi connectivity index (χ1) is 7.27. The third kappa shape index (κ3) is 3.44. The lowest BCUT2D eigenvalue weighted by Crippen LogP contribution is -2.37. The Kier molecular flexibility index (Phi) is 3.95. The van der Waals surface area contributed by atoms with Gasteiger partial charge in [0, 0.05) is 4.47 Å². The highest BCUT2D eigenvalue weighted by atomic mass is 79.9. The molecule has 0 fully saturated rings. The predicted molar refractivity (Wildman–Crippen MR) is 71.5 cm³/mol. The molecule has 1 aromatic carbocycles. The van der Waals surface area contributed by atoms with Crippen molar-refractivity contribution < 1.29 is 4.43 Å². The Morgan fingerprint density at radius 3 is 2.44 bits per heavy atom. The summed E-state index contributed by atoms with van der Waals surface area (Å²) < 4.78 is 6.94. The van der Waals surface area contributed by atoms with Crippen molar-refractivity contribution >= 4 is 24.2 Å². The first-order valence-electron chi connectivity index (χ1n) is 5.14. The molecule has 0 saturated heterocycles. The Morgan fingerprint density at radius 1 is 1.38 bits per heavy atom. The molecule has 0 radical (unpaired) electrons. The molecule has 1 aromatic rings. The molecule has 0 aromatic heterocycles. The predicted octanol–water partition coefficient (Wildman–Crippen LogP) is 4.04. The maximum atomic E-state index is 9.32. The molecule has 0 amide bonds. The summed E-state index contributed by atoms with van der Waals surface area (Å²) in [5.74, 6) is 0.